The molecule has 0 saturated heterocycles. The van der Waals surface area contributed by atoms with E-state index in [-0.39, 0.29) is 6.04 Å². The highest BCUT2D eigenvalue weighted by Gasteiger charge is 2.07. The summed E-state index contributed by atoms with van der Waals surface area (Å²) in [6.07, 6.45) is 0.784. The van der Waals surface area contributed by atoms with Gasteiger partial charge in [0.2, 0.25) is 0 Å². The van der Waals surface area contributed by atoms with E-state index in [0.29, 0.717) is 5.02 Å². The van der Waals surface area contributed by atoms with E-state index in [0.717, 1.165) is 28.5 Å². The van der Waals surface area contributed by atoms with Crippen molar-refractivity contribution < 1.29 is 0 Å². The summed E-state index contributed by atoms with van der Waals surface area (Å²) in [5.41, 5.74) is 7.02. The minimum absolute atomic E-state index is 0.144. The van der Waals surface area contributed by atoms with Crippen molar-refractivity contribution in [2.24, 2.45) is 5.73 Å². The Balaban J connectivity index is 2.59. The zero-order valence-electron chi connectivity index (χ0n) is 8.67. The molecule has 0 aliphatic heterocycles. The maximum atomic E-state index is 6.05. The fourth-order valence-electron chi connectivity index (χ4n) is 1.31. The molecule has 0 bridgehead atoms. The lowest BCUT2D eigenvalue weighted by Gasteiger charge is -2.12. The van der Waals surface area contributed by atoms with E-state index in [1.807, 2.05) is 23.9 Å². The molecule has 1 aromatic rings. The topological polar surface area (TPSA) is 26.0 Å². The number of rotatable bonds is 5. The molecule has 0 amide bonds. The van der Waals surface area contributed by atoms with Crippen LogP contribution in [0.15, 0.2) is 18.2 Å². The summed E-state index contributed by atoms with van der Waals surface area (Å²) in [5.74, 6) is 2.05. The smallest absolute Gasteiger partial charge is 0.0439 e. The Morgan fingerprint density at radius 1 is 1.40 bits per heavy atom. The lowest BCUT2D eigenvalue weighted by molar-refractivity contribution is 0.749. The van der Waals surface area contributed by atoms with Crippen molar-refractivity contribution in [3.05, 3.63) is 33.8 Å². The predicted octanol–water partition coefficient (Wildman–Crippen LogP) is 3.62. The van der Waals surface area contributed by atoms with Crippen LogP contribution in [-0.2, 0) is 6.42 Å². The fraction of sp³-hybridized carbons (Fsp3) is 0.455. The van der Waals surface area contributed by atoms with Gasteiger partial charge < -0.3 is 5.73 Å². The number of hydrogen-bond donors (Lipinski definition) is 1. The zero-order valence-corrected chi connectivity index (χ0v) is 11.0. The van der Waals surface area contributed by atoms with Gasteiger partial charge in [-0.15, -0.1) is 0 Å². The van der Waals surface area contributed by atoms with Gasteiger partial charge in [0.25, 0.3) is 0 Å². The molecule has 0 heterocycles. The fourth-order valence-corrected chi connectivity index (χ4v) is 2.36. The van der Waals surface area contributed by atoms with Gasteiger partial charge in [0, 0.05) is 21.8 Å². The maximum absolute atomic E-state index is 6.05. The molecule has 0 aromatic heterocycles. The second kappa shape index (κ2) is 6.64. The lowest BCUT2D eigenvalue weighted by Crippen LogP contribution is -2.25. The third-order valence-electron chi connectivity index (χ3n) is 2.03. The Hall–Kier alpha value is 0.110. The SMILES string of the molecule is CCSCC(N)Cc1cc(Cl)ccc1Cl. The summed E-state index contributed by atoms with van der Waals surface area (Å²) < 4.78 is 0. The second-order valence-corrected chi connectivity index (χ2v) is 5.52. The minimum Gasteiger partial charge on any atom is -0.327 e. The quantitative estimate of drug-likeness (QED) is 0.879. The van der Waals surface area contributed by atoms with Crippen LogP contribution in [0, 0.1) is 0 Å². The van der Waals surface area contributed by atoms with E-state index < -0.39 is 0 Å². The van der Waals surface area contributed by atoms with Crippen LogP contribution >= 0.6 is 35.0 Å². The van der Waals surface area contributed by atoms with Crippen LogP contribution in [0.5, 0.6) is 0 Å². The molecule has 0 fully saturated rings. The first-order chi connectivity index (χ1) is 7.13. The van der Waals surface area contributed by atoms with Gasteiger partial charge in [-0.25, -0.2) is 0 Å². The van der Waals surface area contributed by atoms with E-state index >= 15 is 0 Å². The van der Waals surface area contributed by atoms with Crippen LogP contribution < -0.4 is 5.73 Å². The van der Waals surface area contributed by atoms with Gasteiger partial charge in [0.1, 0.15) is 0 Å². The summed E-state index contributed by atoms with van der Waals surface area (Å²) >= 11 is 13.8. The molecule has 1 atom stereocenters. The molecular weight excluding hydrogens is 249 g/mol. The van der Waals surface area contributed by atoms with Gasteiger partial charge in [0.15, 0.2) is 0 Å². The van der Waals surface area contributed by atoms with Crippen molar-refractivity contribution in [2.75, 3.05) is 11.5 Å². The molecule has 1 nitrogen and oxygen atoms in total. The zero-order chi connectivity index (χ0) is 11.3. The predicted molar refractivity (Wildman–Crippen MR) is 71.1 cm³/mol. The molecule has 2 N–H and O–H groups in total. The summed E-state index contributed by atoms with van der Waals surface area (Å²) in [7, 11) is 0. The van der Waals surface area contributed by atoms with Crippen LogP contribution in [0.3, 0.4) is 0 Å². The van der Waals surface area contributed by atoms with E-state index in [9.17, 15) is 0 Å². The van der Waals surface area contributed by atoms with Crippen LogP contribution in [0.25, 0.3) is 0 Å². The summed E-state index contributed by atoms with van der Waals surface area (Å²) in [5, 5.41) is 1.46. The second-order valence-electron chi connectivity index (χ2n) is 3.36. The standard InChI is InChI=1S/C11H15Cl2NS/c1-2-15-7-10(14)6-8-5-9(12)3-4-11(8)13/h3-5,10H,2,6-7,14H2,1H3. The van der Waals surface area contributed by atoms with Crippen LogP contribution in [-0.4, -0.2) is 17.5 Å². The van der Waals surface area contributed by atoms with Crippen LogP contribution in [0.4, 0.5) is 0 Å². The molecule has 0 spiro atoms. The first kappa shape index (κ1) is 13.2. The summed E-state index contributed by atoms with van der Waals surface area (Å²) in [6.45, 7) is 2.13. The maximum Gasteiger partial charge on any atom is 0.0439 e. The molecule has 4 heteroatoms. The highest BCUT2D eigenvalue weighted by atomic mass is 35.5. The Labute approximate surface area is 105 Å². The molecule has 15 heavy (non-hydrogen) atoms. The van der Waals surface area contributed by atoms with E-state index in [1.54, 1.807) is 6.07 Å². The first-order valence-corrected chi connectivity index (χ1v) is 6.81. The highest BCUT2D eigenvalue weighted by molar-refractivity contribution is 7.99. The molecule has 1 unspecified atom stereocenters. The van der Waals surface area contributed by atoms with Gasteiger partial charge in [-0.1, -0.05) is 30.1 Å². The average molecular weight is 264 g/mol. The molecule has 0 aliphatic rings. The van der Waals surface area contributed by atoms with Crippen molar-refractivity contribution in [1.82, 2.24) is 0 Å². The van der Waals surface area contributed by atoms with Gasteiger partial charge >= 0.3 is 0 Å². The lowest BCUT2D eigenvalue weighted by atomic mass is 10.1. The van der Waals surface area contributed by atoms with Crippen molar-refractivity contribution in [3.8, 4) is 0 Å². The Kier molecular flexibility index (Phi) is 5.83. The number of thioether (sulfide) groups is 1. The molecule has 0 aliphatic carbocycles. The van der Waals surface area contributed by atoms with Crippen molar-refractivity contribution >= 4 is 35.0 Å². The molecular formula is C11H15Cl2NS. The van der Waals surface area contributed by atoms with Gasteiger partial charge in [0.05, 0.1) is 0 Å². The number of nitrogens with two attached hydrogens (primary N) is 1. The van der Waals surface area contributed by atoms with Crippen LogP contribution in [0.1, 0.15) is 12.5 Å². The van der Waals surface area contributed by atoms with Crippen molar-refractivity contribution in [3.63, 3.8) is 0 Å². The largest absolute Gasteiger partial charge is 0.327 e. The van der Waals surface area contributed by atoms with E-state index in [2.05, 4.69) is 6.92 Å². The molecule has 84 valence electrons. The Morgan fingerprint density at radius 2 is 2.13 bits per heavy atom. The third-order valence-corrected chi connectivity index (χ3v) is 3.70. The van der Waals surface area contributed by atoms with Crippen molar-refractivity contribution in [2.45, 2.75) is 19.4 Å². The summed E-state index contributed by atoms with van der Waals surface area (Å²) in [6, 6.07) is 5.64. The van der Waals surface area contributed by atoms with Gasteiger partial charge in [-0.3, -0.25) is 0 Å². The number of hydrogen-bond acceptors (Lipinski definition) is 2. The molecule has 0 saturated carbocycles. The molecule has 0 radical (unpaired) electrons. The first-order valence-electron chi connectivity index (χ1n) is 4.90. The summed E-state index contributed by atoms with van der Waals surface area (Å²) in [4.78, 5) is 0. The van der Waals surface area contributed by atoms with Gasteiger partial charge in [-0.2, -0.15) is 11.8 Å². The highest BCUT2D eigenvalue weighted by Crippen LogP contribution is 2.22. The minimum atomic E-state index is 0.144. The van der Waals surface area contributed by atoms with Crippen molar-refractivity contribution in [1.29, 1.82) is 0 Å². The van der Waals surface area contributed by atoms with E-state index in [1.165, 1.54) is 0 Å². The Morgan fingerprint density at radius 3 is 2.80 bits per heavy atom. The number of halogens is 2. The monoisotopic (exact) mass is 263 g/mol. The van der Waals surface area contributed by atoms with E-state index in [4.69, 9.17) is 28.9 Å². The number of benzene rings is 1. The molecule has 1 rings (SSSR count). The molecule has 1 aromatic carbocycles. The normalized spacial score (nSPS) is 12.8. The average Bonchev–Trinajstić information content (AvgIpc) is 2.20. The van der Waals surface area contributed by atoms with Crippen LogP contribution in [0.2, 0.25) is 10.0 Å². The Bertz CT molecular complexity index is 317. The van der Waals surface area contributed by atoms with Gasteiger partial charge in [-0.05, 0) is 35.9 Å². The third kappa shape index (κ3) is 4.64.